The largest absolute Gasteiger partial charge is 0.490 e. The third kappa shape index (κ3) is 6.72. The van der Waals surface area contributed by atoms with Crippen molar-refractivity contribution in [3.8, 4) is 5.75 Å². The lowest BCUT2D eigenvalue weighted by Gasteiger charge is -2.34. The molecule has 1 aromatic carbocycles. The van der Waals surface area contributed by atoms with Crippen LogP contribution in [0.15, 0.2) is 36.9 Å². The lowest BCUT2D eigenvalue weighted by molar-refractivity contribution is -0.223. The summed E-state index contributed by atoms with van der Waals surface area (Å²) in [5.41, 5.74) is 0.983. The Bertz CT molecular complexity index is 533. The Balaban J connectivity index is 1.67. The summed E-state index contributed by atoms with van der Waals surface area (Å²) >= 11 is 0. The number of hydrogen-bond donors (Lipinski definition) is 2. The molecule has 0 radical (unpaired) electrons. The van der Waals surface area contributed by atoms with Crippen molar-refractivity contribution >= 4 is 0 Å². The molecule has 0 aliphatic carbocycles. The highest BCUT2D eigenvalue weighted by Gasteiger charge is 2.27. The van der Waals surface area contributed by atoms with Gasteiger partial charge in [0.2, 0.25) is 0 Å². The fraction of sp³-hybridized carbons (Fsp3) is 0.619. The first-order chi connectivity index (χ1) is 12.4. The zero-order valence-electron chi connectivity index (χ0n) is 16.2. The van der Waals surface area contributed by atoms with E-state index in [2.05, 4.69) is 25.7 Å². The fourth-order valence-electron chi connectivity index (χ4n) is 2.81. The van der Waals surface area contributed by atoms with E-state index in [0.29, 0.717) is 6.61 Å². The maximum absolute atomic E-state index is 10.5. The normalized spacial score (nSPS) is 19.7. The van der Waals surface area contributed by atoms with Crippen molar-refractivity contribution in [2.24, 2.45) is 5.41 Å². The molecule has 1 saturated heterocycles. The minimum Gasteiger partial charge on any atom is -0.490 e. The molecule has 26 heavy (non-hydrogen) atoms. The lowest BCUT2D eigenvalue weighted by atomic mass is 9.95. The molecule has 1 heterocycles. The second kappa shape index (κ2) is 10.1. The van der Waals surface area contributed by atoms with Crippen LogP contribution in [-0.4, -0.2) is 43.8 Å². The summed E-state index contributed by atoms with van der Waals surface area (Å²) in [4.78, 5) is 0. The third-order valence-electron chi connectivity index (χ3n) is 4.47. The molecule has 0 bridgehead atoms. The van der Waals surface area contributed by atoms with E-state index in [-0.39, 0.29) is 17.7 Å². The van der Waals surface area contributed by atoms with Gasteiger partial charge in [-0.2, -0.15) is 0 Å². The Morgan fingerprint density at radius 3 is 2.58 bits per heavy atom. The Hall–Kier alpha value is -1.40. The average Bonchev–Trinajstić information content (AvgIpc) is 2.64. The van der Waals surface area contributed by atoms with E-state index in [1.165, 1.54) is 0 Å². The number of benzene rings is 1. The molecule has 0 aromatic heterocycles. The molecule has 0 saturated carbocycles. The van der Waals surface area contributed by atoms with E-state index >= 15 is 0 Å². The van der Waals surface area contributed by atoms with Crippen molar-refractivity contribution in [1.29, 1.82) is 0 Å². The Kier molecular flexibility index (Phi) is 8.10. The van der Waals surface area contributed by atoms with Gasteiger partial charge in [-0.15, -0.1) is 0 Å². The quantitative estimate of drug-likeness (QED) is 0.493. The van der Waals surface area contributed by atoms with E-state index in [0.717, 1.165) is 43.9 Å². The molecule has 1 fully saturated rings. The highest BCUT2D eigenvalue weighted by Crippen LogP contribution is 2.24. The molecule has 5 nitrogen and oxygen atoms in total. The number of hydrogen-bond acceptors (Lipinski definition) is 5. The van der Waals surface area contributed by atoms with E-state index in [1.54, 1.807) is 6.08 Å². The zero-order chi connectivity index (χ0) is 19.0. The van der Waals surface area contributed by atoms with Gasteiger partial charge in [0.05, 0.1) is 19.3 Å². The zero-order valence-corrected chi connectivity index (χ0v) is 16.2. The van der Waals surface area contributed by atoms with Gasteiger partial charge in [0.1, 0.15) is 12.4 Å². The Morgan fingerprint density at radius 2 is 1.96 bits per heavy atom. The van der Waals surface area contributed by atoms with Crippen molar-refractivity contribution < 1.29 is 19.3 Å². The standard InChI is InChI=1S/C21H33NO4/c1-5-13-24-18-10-8-17(9-11-18)20(23)16(2)22-12-6-7-19-25-14-21(3,4)15-26-19/h5,8-11,16,19-20,22-23H,1,6-7,12-15H2,2-4H3. The van der Waals surface area contributed by atoms with Crippen LogP contribution < -0.4 is 10.1 Å². The summed E-state index contributed by atoms with van der Waals surface area (Å²) < 4.78 is 16.9. The molecule has 2 rings (SSSR count). The van der Waals surface area contributed by atoms with Crippen molar-refractivity contribution in [3.63, 3.8) is 0 Å². The summed E-state index contributed by atoms with van der Waals surface area (Å²) in [5.74, 6) is 0.775. The molecule has 2 N–H and O–H groups in total. The van der Waals surface area contributed by atoms with E-state index in [4.69, 9.17) is 14.2 Å². The molecule has 1 aromatic rings. The first-order valence-electron chi connectivity index (χ1n) is 9.39. The molecule has 5 heteroatoms. The third-order valence-corrected chi connectivity index (χ3v) is 4.47. The van der Waals surface area contributed by atoms with Crippen LogP contribution in [0.5, 0.6) is 5.75 Å². The van der Waals surface area contributed by atoms with Crippen LogP contribution in [0.3, 0.4) is 0 Å². The number of aliphatic hydroxyl groups is 1. The topological polar surface area (TPSA) is 60.0 Å². The van der Waals surface area contributed by atoms with Crippen LogP contribution in [0.1, 0.15) is 45.3 Å². The van der Waals surface area contributed by atoms with Gasteiger partial charge in [-0.3, -0.25) is 0 Å². The SMILES string of the molecule is C=CCOc1ccc(C(O)C(C)NCCCC2OCC(C)(C)CO2)cc1. The van der Waals surface area contributed by atoms with E-state index in [9.17, 15) is 5.11 Å². The monoisotopic (exact) mass is 363 g/mol. The first kappa shape index (κ1) is 20.9. The summed E-state index contributed by atoms with van der Waals surface area (Å²) in [7, 11) is 0. The number of aliphatic hydroxyl groups excluding tert-OH is 1. The van der Waals surface area contributed by atoms with Crippen LogP contribution in [-0.2, 0) is 9.47 Å². The summed E-state index contributed by atoms with van der Waals surface area (Å²) in [6.45, 7) is 12.7. The number of ether oxygens (including phenoxy) is 3. The van der Waals surface area contributed by atoms with Gasteiger partial charge in [-0.25, -0.2) is 0 Å². The second-order valence-electron chi connectivity index (χ2n) is 7.71. The molecular formula is C21H33NO4. The van der Waals surface area contributed by atoms with Crippen molar-refractivity contribution in [1.82, 2.24) is 5.32 Å². The Labute approximate surface area is 157 Å². The van der Waals surface area contributed by atoms with Crippen LogP contribution in [0, 0.1) is 5.41 Å². The molecular weight excluding hydrogens is 330 g/mol. The minimum absolute atomic E-state index is 0.0398. The average molecular weight is 363 g/mol. The Morgan fingerprint density at radius 1 is 1.31 bits per heavy atom. The van der Waals surface area contributed by atoms with Gasteiger partial charge in [0.15, 0.2) is 6.29 Å². The van der Waals surface area contributed by atoms with Gasteiger partial charge < -0.3 is 24.6 Å². The van der Waals surface area contributed by atoms with Crippen LogP contribution >= 0.6 is 0 Å². The van der Waals surface area contributed by atoms with Crippen LogP contribution in [0.2, 0.25) is 0 Å². The predicted octanol–water partition coefficient (Wildman–Crippen LogP) is 3.44. The highest BCUT2D eigenvalue weighted by atomic mass is 16.7. The maximum atomic E-state index is 10.5. The summed E-state index contributed by atoms with van der Waals surface area (Å²) in [6.07, 6.45) is 2.84. The van der Waals surface area contributed by atoms with Gasteiger partial charge >= 0.3 is 0 Å². The van der Waals surface area contributed by atoms with E-state index in [1.807, 2.05) is 31.2 Å². The van der Waals surface area contributed by atoms with Crippen molar-refractivity contribution in [3.05, 3.63) is 42.5 Å². The lowest BCUT2D eigenvalue weighted by Crippen LogP contribution is -2.38. The summed E-state index contributed by atoms with van der Waals surface area (Å²) in [5, 5.41) is 13.9. The van der Waals surface area contributed by atoms with Gasteiger partial charge in [0.25, 0.3) is 0 Å². The number of nitrogens with one attached hydrogen (secondary N) is 1. The predicted molar refractivity (Wildman–Crippen MR) is 103 cm³/mol. The first-order valence-corrected chi connectivity index (χ1v) is 9.39. The van der Waals surface area contributed by atoms with Gasteiger partial charge in [0, 0.05) is 11.5 Å². The van der Waals surface area contributed by atoms with Crippen LogP contribution in [0.4, 0.5) is 0 Å². The number of rotatable bonds is 10. The van der Waals surface area contributed by atoms with Gasteiger partial charge in [-0.1, -0.05) is 38.6 Å². The molecule has 146 valence electrons. The molecule has 2 unspecified atom stereocenters. The highest BCUT2D eigenvalue weighted by molar-refractivity contribution is 5.29. The maximum Gasteiger partial charge on any atom is 0.157 e. The molecule has 0 amide bonds. The molecule has 1 aliphatic heterocycles. The van der Waals surface area contributed by atoms with Crippen molar-refractivity contribution in [2.45, 2.75) is 52.0 Å². The second-order valence-corrected chi connectivity index (χ2v) is 7.71. The van der Waals surface area contributed by atoms with Crippen molar-refractivity contribution in [2.75, 3.05) is 26.4 Å². The smallest absolute Gasteiger partial charge is 0.157 e. The molecule has 1 aliphatic rings. The van der Waals surface area contributed by atoms with Crippen LogP contribution in [0.25, 0.3) is 0 Å². The fourth-order valence-corrected chi connectivity index (χ4v) is 2.81. The van der Waals surface area contributed by atoms with Gasteiger partial charge in [-0.05, 0) is 44.0 Å². The van der Waals surface area contributed by atoms with E-state index < -0.39 is 6.10 Å². The molecule has 0 spiro atoms. The summed E-state index contributed by atoms with van der Waals surface area (Å²) in [6, 6.07) is 7.49. The minimum atomic E-state index is -0.563. The molecule has 2 atom stereocenters.